The summed E-state index contributed by atoms with van der Waals surface area (Å²) in [5, 5.41) is 2.43. The first-order valence-corrected chi connectivity index (χ1v) is 26.5. The largest absolute Gasteiger partial charge is 0.310 e. The Morgan fingerprint density at radius 3 is 1.29 bits per heavy atom. The number of benzene rings is 12. The molecule has 0 aliphatic heterocycles. The first-order valence-electron chi connectivity index (χ1n) is 26.5. The Labute approximate surface area is 446 Å². The summed E-state index contributed by atoms with van der Waals surface area (Å²) in [6, 6.07) is 108. The SMILES string of the molecule is CC1(C)c2ccccc2-c2ccc(N(c3ccccc3)c3cc(-c4ccc5ccccc5c4-c4ccccc4)cc(N(c4ccccc4)c4ccc5c(c4)C(c4ccccc4)(c4ccccc4)c4ccccc4-5)c3)cc21. The molecular weight excluding hydrogens is 917 g/mol. The summed E-state index contributed by atoms with van der Waals surface area (Å²) in [5.41, 5.74) is 23.2. The van der Waals surface area contributed by atoms with E-state index in [2.05, 4.69) is 315 Å². The minimum Gasteiger partial charge on any atom is -0.310 e. The lowest BCUT2D eigenvalue weighted by Gasteiger charge is -2.35. The van der Waals surface area contributed by atoms with Crippen LogP contribution in [0.4, 0.5) is 34.1 Å². The van der Waals surface area contributed by atoms with Crippen LogP contribution >= 0.6 is 0 Å². The molecule has 76 heavy (non-hydrogen) atoms. The Hall–Kier alpha value is -9.50. The molecule has 12 aromatic rings. The van der Waals surface area contributed by atoms with Crippen molar-refractivity contribution in [3.05, 3.63) is 325 Å². The fourth-order valence-corrected chi connectivity index (χ4v) is 12.9. The minimum atomic E-state index is -0.569. The van der Waals surface area contributed by atoms with E-state index < -0.39 is 5.41 Å². The van der Waals surface area contributed by atoms with Gasteiger partial charge in [-0.05, 0) is 155 Å². The maximum atomic E-state index is 2.48. The molecule has 0 amide bonds. The summed E-state index contributed by atoms with van der Waals surface area (Å²) < 4.78 is 0. The summed E-state index contributed by atoms with van der Waals surface area (Å²) in [4.78, 5) is 4.94. The Morgan fingerprint density at radius 1 is 0.263 bits per heavy atom. The third-order valence-corrected chi connectivity index (χ3v) is 16.3. The predicted molar refractivity (Wildman–Crippen MR) is 319 cm³/mol. The second kappa shape index (κ2) is 18.2. The second-order valence-corrected chi connectivity index (χ2v) is 20.8. The van der Waals surface area contributed by atoms with Gasteiger partial charge in [-0.25, -0.2) is 0 Å². The van der Waals surface area contributed by atoms with Gasteiger partial charge >= 0.3 is 0 Å². The molecule has 0 heterocycles. The highest BCUT2D eigenvalue weighted by atomic mass is 15.2. The third kappa shape index (κ3) is 7.17. The third-order valence-electron chi connectivity index (χ3n) is 16.3. The highest BCUT2D eigenvalue weighted by molar-refractivity contribution is 6.05. The zero-order chi connectivity index (χ0) is 50.8. The van der Waals surface area contributed by atoms with E-state index >= 15 is 0 Å². The molecule has 0 saturated heterocycles. The van der Waals surface area contributed by atoms with Crippen LogP contribution in [0.25, 0.3) is 55.3 Å². The molecule has 0 aromatic heterocycles. The molecule has 2 heteroatoms. The van der Waals surface area contributed by atoms with Gasteiger partial charge in [-0.3, -0.25) is 0 Å². The van der Waals surface area contributed by atoms with Crippen molar-refractivity contribution < 1.29 is 0 Å². The summed E-state index contributed by atoms with van der Waals surface area (Å²) in [7, 11) is 0. The van der Waals surface area contributed by atoms with E-state index in [-0.39, 0.29) is 5.41 Å². The van der Waals surface area contributed by atoms with Crippen molar-refractivity contribution in [2.45, 2.75) is 24.7 Å². The number of anilines is 6. The van der Waals surface area contributed by atoms with E-state index in [9.17, 15) is 0 Å². The van der Waals surface area contributed by atoms with Crippen molar-refractivity contribution in [2.24, 2.45) is 0 Å². The summed E-state index contributed by atoms with van der Waals surface area (Å²) in [6.07, 6.45) is 0. The van der Waals surface area contributed by atoms with Gasteiger partial charge in [-0.2, -0.15) is 0 Å². The first kappa shape index (κ1) is 45.1. The van der Waals surface area contributed by atoms with E-state index in [4.69, 9.17) is 0 Å². The van der Waals surface area contributed by atoms with Crippen LogP contribution in [0.1, 0.15) is 47.2 Å². The smallest absolute Gasteiger partial charge is 0.0714 e. The van der Waals surface area contributed by atoms with Gasteiger partial charge in [0, 0.05) is 39.5 Å². The Kier molecular flexibility index (Phi) is 10.8. The molecule has 0 fully saturated rings. The molecule has 0 N–H and O–H groups in total. The van der Waals surface area contributed by atoms with Gasteiger partial charge in [0.1, 0.15) is 0 Å². The van der Waals surface area contributed by atoms with Crippen molar-refractivity contribution >= 4 is 44.9 Å². The number of fused-ring (bicyclic) bond motifs is 7. The topological polar surface area (TPSA) is 6.48 Å². The lowest BCUT2D eigenvalue weighted by molar-refractivity contribution is 0.660. The molecule has 0 atom stereocenters. The summed E-state index contributed by atoms with van der Waals surface area (Å²) in [6.45, 7) is 4.74. The van der Waals surface area contributed by atoms with Gasteiger partial charge in [0.25, 0.3) is 0 Å². The number of hydrogen-bond acceptors (Lipinski definition) is 2. The van der Waals surface area contributed by atoms with Crippen molar-refractivity contribution in [3.8, 4) is 44.5 Å². The molecular formula is C74H54N2. The summed E-state index contributed by atoms with van der Waals surface area (Å²) in [5.74, 6) is 0. The first-order chi connectivity index (χ1) is 37.5. The second-order valence-electron chi connectivity index (χ2n) is 20.8. The van der Waals surface area contributed by atoms with Crippen LogP contribution in [-0.4, -0.2) is 0 Å². The molecule has 0 saturated carbocycles. The summed E-state index contributed by atoms with van der Waals surface area (Å²) >= 11 is 0. The maximum absolute atomic E-state index is 2.48. The van der Waals surface area contributed by atoms with Crippen LogP contribution in [0.3, 0.4) is 0 Å². The standard InChI is InChI=1S/C74H54N2/c1-73(2)68-38-22-20-36-64(68)66-44-41-58(49-70(66)73)75(56-31-14-6-15-32-56)60-46-53(63-43-40-51-24-18-19-35-62(51)72(63)52-25-8-3-9-26-52)47-61(48-60)76(57-33-16-7-17-34-57)59-42-45-67-65-37-21-23-39-69(65)74(71(67)50-59,54-27-10-4-11-28-54)55-29-12-5-13-30-55/h3-50H,1-2H3. The van der Waals surface area contributed by atoms with Crippen LogP contribution < -0.4 is 9.80 Å². The fraction of sp³-hybridized carbons (Fsp3) is 0.0541. The van der Waals surface area contributed by atoms with Crippen LogP contribution in [0, 0.1) is 0 Å². The molecule has 2 nitrogen and oxygen atoms in total. The Bertz CT molecular complexity index is 4090. The molecule has 360 valence electrons. The van der Waals surface area contributed by atoms with Gasteiger partial charge in [0.15, 0.2) is 0 Å². The molecule has 0 bridgehead atoms. The number of hydrogen-bond donors (Lipinski definition) is 0. The average Bonchev–Trinajstić information content (AvgIpc) is 3.91. The minimum absolute atomic E-state index is 0.182. The molecule has 12 aromatic carbocycles. The van der Waals surface area contributed by atoms with Crippen molar-refractivity contribution in [1.82, 2.24) is 0 Å². The number of nitrogens with zero attached hydrogens (tertiary/aromatic N) is 2. The molecule has 0 spiro atoms. The van der Waals surface area contributed by atoms with Crippen molar-refractivity contribution in [1.29, 1.82) is 0 Å². The van der Waals surface area contributed by atoms with Crippen LogP contribution in [0.15, 0.2) is 291 Å². The quantitative estimate of drug-likeness (QED) is 0.135. The van der Waals surface area contributed by atoms with Crippen molar-refractivity contribution in [2.75, 3.05) is 9.80 Å². The van der Waals surface area contributed by atoms with Crippen LogP contribution in [0.2, 0.25) is 0 Å². The van der Waals surface area contributed by atoms with Crippen LogP contribution in [0.5, 0.6) is 0 Å². The molecule has 0 radical (unpaired) electrons. The zero-order valence-electron chi connectivity index (χ0n) is 42.6. The highest BCUT2D eigenvalue weighted by Crippen LogP contribution is 2.58. The Balaban J connectivity index is 1.06. The van der Waals surface area contributed by atoms with E-state index in [1.165, 1.54) is 77.5 Å². The number of para-hydroxylation sites is 2. The maximum Gasteiger partial charge on any atom is 0.0714 e. The average molecular weight is 971 g/mol. The van der Waals surface area contributed by atoms with Gasteiger partial charge in [0.05, 0.1) is 5.41 Å². The van der Waals surface area contributed by atoms with Gasteiger partial charge in [-0.1, -0.05) is 238 Å². The molecule has 2 aliphatic carbocycles. The van der Waals surface area contributed by atoms with Gasteiger partial charge in [0.2, 0.25) is 0 Å². The van der Waals surface area contributed by atoms with Crippen molar-refractivity contribution in [3.63, 3.8) is 0 Å². The lowest BCUT2D eigenvalue weighted by atomic mass is 9.67. The lowest BCUT2D eigenvalue weighted by Crippen LogP contribution is -2.28. The molecule has 0 unspecified atom stereocenters. The molecule has 14 rings (SSSR count). The van der Waals surface area contributed by atoms with E-state index in [0.717, 1.165) is 45.3 Å². The molecule has 2 aliphatic rings. The van der Waals surface area contributed by atoms with E-state index in [1.54, 1.807) is 0 Å². The monoisotopic (exact) mass is 970 g/mol. The highest BCUT2D eigenvalue weighted by Gasteiger charge is 2.46. The zero-order valence-corrected chi connectivity index (χ0v) is 42.6. The normalized spacial score (nSPS) is 13.3. The van der Waals surface area contributed by atoms with Gasteiger partial charge < -0.3 is 9.80 Å². The van der Waals surface area contributed by atoms with E-state index in [1.807, 2.05) is 0 Å². The predicted octanol–water partition coefficient (Wildman–Crippen LogP) is 19.8. The van der Waals surface area contributed by atoms with Crippen LogP contribution in [-0.2, 0) is 10.8 Å². The van der Waals surface area contributed by atoms with E-state index in [0.29, 0.717) is 0 Å². The fourth-order valence-electron chi connectivity index (χ4n) is 12.9. The Morgan fingerprint density at radius 2 is 0.697 bits per heavy atom. The number of rotatable bonds is 10. The van der Waals surface area contributed by atoms with Gasteiger partial charge in [-0.15, -0.1) is 0 Å².